The molecule has 2 aliphatic rings. The smallest absolute Gasteiger partial charge is 0.322 e. The number of hydrogen-bond donors (Lipinski definition) is 4. The molecule has 0 saturated heterocycles. The topological polar surface area (TPSA) is 108 Å². The lowest BCUT2D eigenvalue weighted by molar-refractivity contribution is -0.137. The van der Waals surface area contributed by atoms with Crippen molar-refractivity contribution >= 4 is 17.8 Å². The number of aliphatic carboxylic acids is 1. The molecule has 1 aromatic rings. The molecule has 0 heterocycles. The molecular weight excluding hydrogens is 382 g/mol. The molecule has 0 unspecified atom stereocenters. The molecule has 4 N–H and O–H groups in total. The van der Waals surface area contributed by atoms with Gasteiger partial charge in [-0.2, -0.15) is 0 Å². The van der Waals surface area contributed by atoms with Crippen molar-refractivity contribution in [3.63, 3.8) is 0 Å². The van der Waals surface area contributed by atoms with E-state index in [-0.39, 0.29) is 12.5 Å². The highest BCUT2D eigenvalue weighted by atomic mass is 16.4. The zero-order valence-corrected chi connectivity index (χ0v) is 17.7. The van der Waals surface area contributed by atoms with Gasteiger partial charge >= 0.3 is 5.97 Å². The van der Waals surface area contributed by atoms with Crippen LogP contribution in [0.25, 0.3) is 0 Å². The van der Waals surface area contributed by atoms with Crippen LogP contribution in [0.5, 0.6) is 0 Å². The largest absolute Gasteiger partial charge is 0.480 e. The van der Waals surface area contributed by atoms with E-state index >= 15 is 0 Å². The fourth-order valence-electron chi connectivity index (χ4n) is 3.96. The van der Waals surface area contributed by atoms with Crippen molar-refractivity contribution in [2.24, 2.45) is 0 Å². The van der Waals surface area contributed by atoms with Crippen LogP contribution in [-0.2, 0) is 9.59 Å². The molecule has 7 heteroatoms. The highest BCUT2D eigenvalue weighted by molar-refractivity contribution is 5.96. The third-order valence-corrected chi connectivity index (χ3v) is 5.56. The van der Waals surface area contributed by atoms with Gasteiger partial charge in [-0.05, 0) is 37.8 Å². The van der Waals surface area contributed by atoms with E-state index in [9.17, 15) is 14.4 Å². The SMILES string of the molecule is C1CCC(NC2CCCCC2)CC1.O=C(O)CNC(=O)CNC(=O)c1ccccc1. The molecule has 30 heavy (non-hydrogen) atoms. The first kappa shape index (κ1) is 23.9. The van der Waals surface area contributed by atoms with Crippen molar-refractivity contribution in [3.05, 3.63) is 35.9 Å². The van der Waals surface area contributed by atoms with Crippen LogP contribution < -0.4 is 16.0 Å². The summed E-state index contributed by atoms with van der Waals surface area (Å²) in [4.78, 5) is 32.7. The van der Waals surface area contributed by atoms with Gasteiger partial charge in [-0.15, -0.1) is 0 Å². The van der Waals surface area contributed by atoms with Crippen molar-refractivity contribution in [2.45, 2.75) is 76.3 Å². The summed E-state index contributed by atoms with van der Waals surface area (Å²) < 4.78 is 0. The second kappa shape index (κ2) is 13.7. The summed E-state index contributed by atoms with van der Waals surface area (Å²) in [6.45, 7) is -0.707. The van der Waals surface area contributed by atoms with Crippen LogP contribution in [-0.4, -0.2) is 48.1 Å². The first-order valence-electron chi connectivity index (χ1n) is 11.1. The lowest BCUT2D eigenvalue weighted by atomic mass is 9.91. The first-order chi connectivity index (χ1) is 14.5. The van der Waals surface area contributed by atoms with Gasteiger partial charge in [-0.3, -0.25) is 14.4 Å². The summed E-state index contributed by atoms with van der Waals surface area (Å²) in [7, 11) is 0. The van der Waals surface area contributed by atoms with Gasteiger partial charge in [0.2, 0.25) is 5.91 Å². The molecule has 0 radical (unpaired) electrons. The van der Waals surface area contributed by atoms with E-state index in [1.54, 1.807) is 30.3 Å². The average Bonchev–Trinajstić information content (AvgIpc) is 2.78. The number of rotatable bonds is 7. The molecule has 166 valence electrons. The number of carbonyl (C=O) groups excluding carboxylic acids is 2. The van der Waals surface area contributed by atoms with E-state index in [0.717, 1.165) is 12.1 Å². The molecule has 1 aromatic carbocycles. The molecule has 2 fully saturated rings. The fraction of sp³-hybridized carbons (Fsp3) is 0.609. The van der Waals surface area contributed by atoms with E-state index in [0.29, 0.717) is 5.56 Å². The maximum atomic E-state index is 11.5. The quantitative estimate of drug-likeness (QED) is 0.546. The van der Waals surface area contributed by atoms with E-state index < -0.39 is 18.4 Å². The molecule has 0 aromatic heterocycles. The van der Waals surface area contributed by atoms with Crippen LogP contribution >= 0.6 is 0 Å². The van der Waals surface area contributed by atoms with E-state index in [1.165, 1.54) is 64.2 Å². The molecule has 2 saturated carbocycles. The number of carboxylic acids is 1. The summed E-state index contributed by atoms with van der Waals surface area (Å²) in [5.74, 6) is -2.06. The van der Waals surface area contributed by atoms with Gasteiger partial charge in [-0.1, -0.05) is 56.7 Å². The third kappa shape index (κ3) is 9.87. The molecular formula is C23H35N3O4. The Morgan fingerprint density at radius 1 is 0.767 bits per heavy atom. The number of carbonyl (C=O) groups is 3. The normalized spacial score (nSPS) is 17.3. The Morgan fingerprint density at radius 3 is 1.80 bits per heavy atom. The average molecular weight is 418 g/mol. The summed E-state index contributed by atoms with van der Waals surface area (Å²) in [5.41, 5.74) is 0.443. The van der Waals surface area contributed by atoms with Crippen molar-refractivity contribution in [1.82, 2.24) is 16.0 Å². The Balaban J connectivity index is 0.000000220. The molecule has 0 bridgehead atoms. The summed E-state index contributed by atoms with van der Waals surface area (Å²) in [5, 5.41) is 16.7. The minimum Gasteiger partial charge on any atom is -0.480 e. The van der Waals surface area contributed by atoms with Crippen molar-refractivity contribution in [3.8, 4) is 0 Å². The maximum absolute atomic E-state index is 11.5. The summed E-state index contributed by atoms with van der Waals surface area (Å²) >= 11 is 0. The Bertz CT molecular complexity index is 638. The van der Waals surface area contributed by atoms with E-state index in [2.05, 4.69) is 16.0 Å². The van der Waals surface area contributed by atoms with Crippen LogP contribution in [0.2, 0.25) is 0 Å². The van der Waals surface area contributed by atoms with Gasteiger partial charge in [0.25, 0.3) is 5.91 Å². The van der Waals surface area contributed by atoms with Gasteiger partial charge in [0.15, 0.2) is 0 Å². The molecule has 0 spiro atoms. The zero-order valence-electron chi connectivity index (χ0n) is 17.7. The number of nitrogens with one attached hydrogen (secondary N) is 3. The van der Waals surface area contributed by atoms with Crippen LogP contribution in [0, 0.1) is 0 Å². The highest BCUT2D eigenvalue weighted by Crippen LogP contribution is 2.22. The van der Waals surface area contributed by atoms with Crippen molar-refractivity contribution in [1.29, 1.82) is 0 Å². The minimum absolute atomic E-state index is 0.249. The zero-order chi connectivity index (χ0) is 21.6. The van der Waals surface area contributed by atoms with Gasteiger partial charge in [0, 0.05) is 17.6 Å². The fourth-order valence-corrected chi connectivity index (χ4v) is 3.96. The Kier molecular flexibility index (Phi) is 10.9. The van der Waals surface area contributed by atoms with Crippen LogP contribution in [0.4, 0.5) is 0 Å². The molecule has 2 aliphatic carbocycles. The number of hydrogen-bond acceptors (Lipinski definition) is 4. The van der Waals surface area contributed by atoms with Crippen LogP contribution in [0.15, 0.2) is 30.3 Å². The maximum Gasteiger partial charge on any atom is 0.322 e. The van der Waals surface area contributed by atoms with Crippen molar-refractivity contribution in [2.75, 3.05) is 13.1 Å². The lowest BCUT2D eigenvalue weighted by Gasteiger charge is -2.30. The standard InChI is InChI=1S/C12H23N.C11H12N2O4/c1-3-7-11(8-4-1)13-12-9-5-2-6-10-12;14-9(12-7-10(15)16)6-13-11(17)8-4-2-1-3-5-8/h11-13H,1-10H2;1-5H,6-7H2,(H,12,14)(H,13,17)(H,15,16). The van der Waals surface area contributed by atoms with E-state index in [4.69, 9.17) is 5.11 Å². The lowest BCUT2D eigenvalue weighted by Crippen LogP contribution is -2.40. The summed E-state index contributed by atoms with van der Waals surface area (Å²) in [6, 6.07) is 10.2. The Hall–Kier alpha value is -2.41. The Morgan fingerprint density at radius 2 is 1.30 bits per heavy atom. The second-order valence-corrected chi connectivity index (χ2v) is 8.06. The van der Waals surface area contributed by atoms with Crippen LogP contribution in [0.3, 0.4) is 0 Å². The second-order valence-electron chi connectivity index (χ2n) is 8.06. The van der Waals surface area contributed by atoms with Gasteiger partial charge < -0.3 is 21.1 Å². The van der Waals surface area contributed by atoms with Gasteiger partial charge in [0.1, 0.15) is 6.54 Å². The predicted molar refractivity (Wildman–Crippen MR) is 116 cm³/mol. The first-order valence-corrected chi connectivity index (χ1v) is 11.1. The molecule has 0 aliphatic heterocycles. The van der Waals surface area contributed by atoms with E-state index in [1.807, 2.05) is 0 Å². The molecule has 2 amide bonds. The number of benzene rings is 1. The van der Waals surface area contributed by atoms with Crippen LogP contribution in [0.1, 0.15) is 74.6 Å². The monoisotopic (exact) mass is 417 g/mol. The molecule has 0 atom stereocenters. The number of carboxylic acid groups (broad SMARTS) is 1. The van der Waals surface area contributed by atoms with Gasteiger partial charge in [-0.25, -0.2) is 0 Å². The molecule has 3 rings (SSSR count). The number of amides is 2. The van der Waals surface area contributed by atoms with Crippen molar-refractivity contribution < 1.29 is 19.5 Å². The highest BCUT2D eigenvalue weighted by Gasteiger charge is 2.19. The van der Waals surface area contributed by atoms with Gasteiger partial charge in [0.05, 0.1) is 6.54 Å². The predicted octanol–water partition coefficient (Wildman–Crippen LogP) is 2.86. The summed E-state index contributed by atoms with van der Waals surface area (Å²) in [6.07, 6.45) is 14.6. The minimum atomic E-state index is -1.13. The third-order valence-electron chi connectivity index (χ3n) is 5.56. The molecule has 7 nitrogen and oxygen atoms in total. The Labute approximate surface area is 179 Å².